The minimum absolute atomic E-state index is 0.262. The van der Waals surface area contributed by atoms with Crippen molar-refractivity contribution in [1.82, 2.24) is 5.32 Å². The zero-order chi connectivity index (χ0) is 12.0. The van der Waals surface area contributed by atoms with Crippen LogP contribution in [0.4, 0.5) is 8.78 Å². The highest BCUT2D eigenvalue weighted by Crippen LogP contribution is 2.30. The molecule has 0 spiro atoms. The van der Waals surface area contributed by atoms with Gasteiger partial charge in [0.25, 0.3) is 0 Å². The fraction of sp³-hybridized carbons (Fsp3) is 0.700. The Morgan fingerprint density at radius 1 is 1.69 bits per heavy atom. The van der Waals surface area contributed by atoms with Gasteiger partial charge in [0.2, 0.25) is 0 Å². The van der Waals surface area contributed by atoms with Gasteiger partial charge in [0.05, 0.1) is 12.2 Å². The third kappa shape index (κ3) is 3.99. The van der Waals surface area contributed by atoms with Crippen LogP contribution >= 0.6 is 11.8 Å². The molecule has 0 radical (unpaired) electrons. The van der Waals surface area contributed by atoms with Crippen molar-refractivity contribution < 1.29 is 18.3 Å². The van der Waals surface area contributed by atoms with Gasteiger partial charge in [-0.3, -0.25) is 0 Å². The van der Waals surface area contributed by atoms with Gasteiger partial charge in [0, 0.05) is 18.8 Å². The SMILES string of the molecule is C#CCSCCNCC1CC(F)(F)C(=O)O1. The Kier molecular flexibility index (Phi) is 5.03. The second-order valence-corrected chi connectivity index (χ2v) is 4.50. The predicted octanol–water partition coefficient (Wildman–Crippen LogP) is 0.893. The molecule has 1 aliphatic heterocycles. The predicted molar refractivity (Wildman–Crippen MR) is 58.5 cm³/mol. The lowest BCUT2D eigenvalue weighted by Crippen LogP contribution is -2.28. The van der Waals surface area contributed by atoms with Gasteiger partial charge in [0.1, 0.15) is 6.10 Å². The summed E-state index contributed by atoms with van der Waals surface area (Å²) >= 11 is 1.58. The summed E-state index contributed by atoms with van der Waals surface area (Å²) in [5.74, 6) is -0.804. The van der Waals surface area contributed by atoms with Crippen molar-refractivity contribution in [2.45, 2.75) is 18.4 Å². The lowest BCUT2D eigenvalue weighted by atomic mass is 10.2. The first-order chi connectivity index (χ1) is 7.56. The topological polar surface area (TPSA) is 38.3 Å². The van der Waals surface area contributed by atoms with Gasteiger partial charge in [-0.2, -0.15) is 8.78 Å². The Hall–Kier alpha value is -0.800. The number of esters is 1. The molecule has 1 unspecified atom stereocenters. The van der Waals surface area contributed by atoms with Crippen LogP contribution in [0.2, 0.25) is 0 Å². The molecule has 1 atom stereocenters. The summed E-state index contributed by atoms with van der Waals surface area (Å²) in [6.07, 6.45) is 3.80. The monoisotopic (exact) mass is 249 g/mol. The molecule has 1 N–H and O–H groups in total. The average molecular weight is 249 g/mol. The molecule has 0 bridgehead atoms. The standard InChI is InChI=1S/C10H13F2NO2S/c1-2-4-16-5-3-13-7-8-6-10(11,12)9(14)15-8/h1,8,13H,3-7H2. The van der Waals surface area contributed by atoms with Gasteiger partial charge in [0.15, 0.2) is 0 Å². The molecule has 0 aliphatic carbocycles. The number of rotatable bonds is 6. The maximum Gasteiger partial charge on any atom is 0.377 e. The number of hydrogen-bond acceptors (Lipinski definition) is 4. The normalized spacial score (nSPS) is 22.8. The third-order valence-electron chi connectivity index (χ3n) is 2.04. The summed E-state index contributed by atoms with van der Waals surface area (Å²) in [6, 6.07) is 0. The summed E-state index contributed by atoms with van der Waals surface area (Å²) in [6.45, 7) is 0.921. The summed E-state index contributed by atoms with van der Waals surface area (Å²) in [7, 11) is 0. The van der Waals surface area contributed by atoms with Crippen molar-refractivity contribution in [1.29, 1.82) is 0 Å². The second kappa shape index (κ2) is 6.06. The number of halogens is 2. The zero-order valence-electron chi connectivity index (χ0n) is 8.67. The highest BCUT2D eigenvalue weighted by molar-refractivity contribution is 7.99. The molecule has 1 fully saturated rings. The molecule has 1 saturated heterocycles. The molecule has 1 aliphatic rings. The first kappa shape index (κ1) is 13.3. The van der Waals surface area contributed by atoms with Crippen LogP contribution in [0.1, 0.15) is 6.42 Å². The smallest absolute Gasteiger partial charge is 0.377 e. The number of hydrogen-bond donors (Lipinski definition) is 1. The maximum absolute atomic E-state index is 12.7. The van der Waals surface area contributed by atoms with Gasteiger partial charge in [-0.05, 0) is 0 Å². The van der Waals surface area contributed by atoms with Crippen molar-refractivity contribution in [2.24, 2.45) is 0 Å². The van der Waals surface area contributed by atoms with Crippen LogP contribution in [0.3, 0.4) is 0 Å². The Balaban J connectivity index is 2.07. The molecule has 1 heterocycles. The summed E-state index contributed by atoms with van der Waals surface area (Å²) in [5.41, 5.74) is 0. The van der Waals surface area contributed by atoms with Gasteiger partial charge < -0.3 is 10.1 Å². The van der Waals surface area contributed by atoms with Crippen molar-refractivity contribution in [3.05, 3.63) is 0 Å². The van der Waals surface area contributed by atoms with Gasteiger partial charge in [-0.1, -0.05) is 5.92 Å². The molecule has 0 amide bonds. The zero-order valence-corrected chi connectivity index (χ0v) is 9.49. The van der Waals surface area contributed by atoms with E-state index in [1.165, 1.54) is 0 Å². The van der Waals surface area contributed by atoms with Crippen molar-refractivity contribution in [3.8, 4) is 12.3 Å². The van der Waals surface area contributed by atoms with E-state index in [-0.39, 0.29) is 6.54 Å². The molecule has 16 heavy (non-hydrogen) atoms. The van der Waals surface area contributed by atoms with Crippen LogP contribution in [0.25, 0.3) is 0 Å². The van der Waals surface area contributed by atoms with Crippen LogP contribution in [-0.2, 0) is 9.53 Å². The van der Waals surface area contributed by atoms with Gasteiger partial charge in [-0.25, -0.2) is 4.79 Å². The van der Waals surface area contributed by atoms with Crippen LogP contribution in [0.15, 0.2) is 0 Å². The highest BCUT2D eigenvalue weighted by Gasteiger charge is 2.50. The lowest BCUT2D eigenvalue weighted by molar-refractivity contribution is -0.158. The maximum atomic E-state index is 12.7. The van der Waals surface area contributed by atoms with E-state index in [0.29, 0.717) is 12.3 Å². The molecule has 0 saturated carbocycles. The van der Waals surface area contributed by atoms with Crippen molar-refractivity contribution in [3.63, 3.8) is 0 Å². The van der Waals surface area contributed by atoms with E-state index in [9.17, 15) is 13.6 Å². The largest absolute Gasteiger partial charge is 0.456 e. The van der Waals surface area contributed by atoms with Gasteiger partial charge in [-0.15, -0.1) is 18.2 Å². The number of carbonyl (C=O) groups excluding carboxylic acids is 1. The molecular weight excluding hydrogens is 236 g/mol. The van der Waals surface area contributed by atoms with E-state index in [4.69, 9.17) is 6.42 Å². The fourth-order valence-corrected chi connectivity index (χ4v) is 1.85. The van der Waals surface area contributed by atoms with E-state index < -0.39 is 24.4 Å². The minimum atomic E-state index is -3.31. The van der Waals surface area contributed by atoms with Crippen LogP contribution in [0.5, 0.6) is 0 Å². The third-order valence-corrected chi connectivity index (χ3v) is 2.90. The quantitative estimate of drug-likeness (QED) is 0.431. The van der Waals surface area contributed by atoms with Crippen LogP contribution in [0, 0.1) is 12.3 Å². The Morgan fingerprint density at radius 2 is 2.44 bits per heavy atom. The Morgan fingerprint density at radius 3 is 3.00 bits per heavy atom. The summed E-state index contributed by atoms with van der Waals surface area (Å²) < 4.78 is 30.0. The van der Waals surface area contributed by atoms with E-state index in [1.807, 2.05) is 0 Å². The van der Waals surface area contributed by atoms with E-state index in [2.05, 4.69) is 16.0 Å². The molecule has 1 rings (SSSR count). The molecular formula is C10H13F2NO2S. The van der Waals surface area contributed by atoms with Crippen molar-refractivity contribution in [2.75, 3.05) is 24.6 Å². The number of alkyl halides is 2. The number of nitrogens with one attached hydrogen (secondary N) is 1. The lowest BCUT2D eigenvalue weighted by Gasteiger charge is -2.09. The molecule has 3 nitrogen and oxygen atoms in total. The molecule has 0 aromatic rings. The molecule has 90 valence electrons. The number of thioether (sulfide) groups is 1. The summed E-state index contributed by atoms with van der Waals surface area (Å²) in [5, 5.41) is 2.94. The number of ether oxygens (including phenoxy) is 1. The number of terminal acetylenes is 1. The molecule has 0 aromatic heterocycles. The van der Waals surface area contributed by atoms with Crippen LogP contribution in [-0.4, -0.2) is 42.6 Å². The van der Waals surface area contributed by atoms with E-state index in [1.54, 1.807) is 11.8 Å². The number of carbonyl (C=O) groups is 1. The first-order valence-electron chi connectivity index (χ1n) is 4.87. The second-order valence-electron chi connectivity index (χ2n) is 3.40. The van der Waals surface area contributed by atoms with E-state index >= 15 is 0 Å². The first-order valence-corrected chi connectivity index (χ1v) is 6.02. The summed E-state index contributed by atoms with van der Waals surface area (Å²) in [4.78, 5) is 10.7. The van der Waals surface area contributed by atoms with Gasteiger partial charge >= 0.3 is 11.9 Å². The molecule has 6 heteroatoms. The minimum Gasteiger partial charge on any atom is -0.456 e. The van der Waals surface area contributed by atoms with E-state index in [0.717, 1.165) is 5.75 Å². The van der Waals surface area contributed by atoms with Crippen LogP contribution < -0.4 is 5.32 Å². The number of cyclic esters (lactones) is 1. The van der Waals surface area contributed by atoms with Crippen molar-refractivity contribution >= 4 is 17.7 Å². The average Bonchev–Trinajstić information content (AvgIpc) is 2.47. The highest BCUT2D eigenvalue weighted by atomic mass is 32.2. The fourth-order valence-electron chi connectivity index (χ4n) is 1.30. The Bertz CT molecular complexity index is 291. The molecule has 0 aromatic carbocycles. The Labute approximate surface area is 97.3 Å².